The van der Waals surface area contributed by atoms with Gasteiger partial charge in [0.05, 0.1) is 46.9 Å². The Kier molecular flexibility index (Phi) is 20.8. The van der Waals surface area contributed by atoms with Crippen LogP contribution in [0.1, 0.15) is 165 Å². The Morgan fingerprint density at radius 2 is 1.24 bits per heavy atom. The summed E-state index contributed by atoms with van der Waals surface area (Å²) in [6, 6.07) is 47.5. The zero-order valence-electron chi connectivity index (χ0n) is 55.4. The number of aromatic hydroxyl groups is 1. The molecule has 5 aliphatic rings. The molecule has 8 atom stereocenters. The van der Waals surface area contributed by atoms with Crippen LogP contribution in [0.5, 0.6) is 11.5 Å². The van der Waals surface area contributed by atoms with Crippen molar-refractivity contribution in [3.8, 4) is 11.5 Å². The maximum Gasteiger partial charge on any atom is 0.210 e. The van der Waals surface area contributed by atoms with Crippen LogP contribution in [0.4, 0.5) is 11.4 Å². The minimum atomic E-state index is -4.27. The van der Waals surface area contributed by atoms with E-state index in [2.05, 4.69) is 160 Å². The Bertz CT molecular complexity index is 4070. The lowest BCUT2D eigenvalue weighted by atomic mass is 9.78. The van der Waals surface area contributed by atoms with E-state index in [1.165, 1.54) is 67.6 Å². The highest BCUT2D eigenvalue weighted by Crippen LogP contribution is 2.51. The van der Waals surface area contributed by atoms with Crippen LogP contribution in [-0.4, -0.2) is 89.3 Å². The van der Waals surface area contributed by atoms with Crippen molar-refractivity contribution in [2.45, 2.75) is 197 Å². The van der Waals surface area contributed by atoms with Gasteiger partial charge in [0, 0.05) is 65.5 Å². The van der Waals surface area contributed by atoms with E-state index in [9.17, 15) is 28.3 Å². The molecule has 4 aliphatic heterocycles. The number of likely N-dealkylation sites (N-methyl/N-ethyl adjacent to an activating group) is 1. The molecule has 8 unspecified atom stereocenters. The van der Waals surface area contributed by atoms with E-state index in [1.54, 1.807) is 24.3 Å². The Hall–Kier alpha value is -7.24. The molecule has 12 rings (SSSR count). The topological polar surface area (TPSA) is 170 Å². The third-order valence-corrected chi connectivity index (χ3v) is 20.5. The largest absolute Gasteiger partial charge is 0.744 e. The molecule has 2 fully saturated rings. The molecular weight excluding hydrogens is 1180 g/mol. The summed E-state index contributed by atoms with van der Waals surface area (Å²) in [4.78, 5) is 2.19. The SMILES string of the molecule is CCC(O)CCCC1CC(CCC2CC(CC(O)CC)OC(c3ccc(OC4=C(/C=C/C5=[N+](C)c6ccc7ccccc7c6C5(C)C)CCC/C4=C\C=C4\N(C)c5ccc6ccccc6c5C4(C)C)cc3)O2)OC(c2ccc(O)cc2)O1.Cc1ccc(S(=O)(=O)[O-])cc1. The molecule has 0 spiro atoms. The van der Waals surface area contributed by atoms with E-state index < -0.39 is 28.8 Å². The number of aliphatic hydroxyl groups excluding tert-OH is 2. The first-order valence-electron chi connectivity index (χ1n) is 33.4. The summed E-state index contributed by atoms with van der Waals surface area (Å²) >= 11 is 0. The van der Waals surface area contributed by atoms with Crippen LogP contribution in [0.15, 0.2) is 197 Å². The molecule has 490 valence electrons. The number of aliphatic hydroxyl groups is 2. The van der Waals surface area contributed by atoms with Gasteiger partial charge in [0.2, 0.25) is 5.69 Å². The molecule has 0 saturated carbocycles. The monoisotopic (exact) mass is 1280 g/mol. The fourth-order valence-electron chi connectivity index (χ4n) is 14.5. The van der Waals surface area contributed by atoms with E-state index in [-0.39, 0.29) is 52.0 Å². The summed E-state index contributed by atoms with van der Waals surface area (Å²) in [6.45, 7) is 15.2. The minimum Gasteiger partial charge on any atom is -0.744 e. The second kappa shape index (κ2) is 28.8. The van der Waals surface area contributed by atoms with E-state index in [0.29, 0.717) is 19.3 Å². The lowest BCUT2D eigenvalue weighted by Crippen LogP contribution is -2.38. The summed E-state index contributed by atoms with van der Waals surface area (Å²) in [6.07, 6.45) is 16.9. The van der Waals surface area contributed by atoms with Crippen LogP contribution in [0.3, 0.4) is 0 Å². The Morgan fingerprint density at radius 3 is 1.86 bits per heavy atom. The van der Waals surface area contributed by atoms with Gasteiger partial charge in [0.25, 0.3) is 0 Å². The van der Waals surface area contributed by atoms with Gasteiger partial charge in [-0.15, -0.1) is 0 Å². The van der Waals surface area contributed by atoms with Gasteiger partial charge in [-0.05, 0) is 190 Å². The molecule has 93 heavy (non-hydrogen) atoms. The minimum absolute atomic E-state index is 0.0303. The van der Waals surface area contributed by atoms with Crippen LogP contribution in [-0.2, 0) is 39.9 Å². The van der Waals surface area contributed by atoms with Gasteiger partial charge < -0.3 is 48.5 Å². The number of hydrogen-bond acceptors (Lipinski definition) is 12. The average Bonchev–Trinajstić information content (AvgIpc) is 1.59. The lowest BCUT2D eigenvalue weighted by Gasteiger charge is -2.39. The number of fused-ring (bicyclic) bond motifs is 6. The standard InChI is InChI=1S/C72H84N2O8.C7H8O3S/c1-9-52(75)21-16-22-56-44-57(80-69(79-56)50-25-33-54(77)34-26-50)37-38-58-45-59(43-53(76)10-2)82-70(81-58)51-27-35-55(36-28-51)78-68-48(31-41-64-71(3,4)66-60-23-13-11-17-46(60)29-39-62(66)73(64)7)19-15-20-49(68)32-42-65-72(5,6)67-61-24-14-12-18-47(61)30-40-63(67)74(65)8;1-6-2-4-7(5-3-6)11(8,9)10/h11-14,17-18,23-36,39-42,52-53,56-59,69-70,75-76H,9-10,15-16,19-22,37-38,43-45H2,1-8H3;2-5H,1H3,(H,8,9,10). The number of phenols is 1. The van der Waals surface area contributed by atoms with Crippen LogP contribution >= 0.6 is 0 Å². The second-order valence-corrected chi connectivity index (χ2v) is 28.3. The summed E-state index contributed by atoms with van der Waals surface area (Å²) < 4.78 is 67.5. The molecule has 13 nitrogen and oxygen atoms in total. The van der Waals surface area contributed by atoms with Crippen molar-refractivity contribution in [2.24, 2.45) is 0 Å². The Balaban J connectivity index is 0.000000729. The molecule has 4 heterocycles. The molecule has 1 aliphatic carbocycles. The molecule has 0 amide bonds. The second-order valence-electron chi connectivity index (χ2n) is 27.0. The highest BCUT2D eigenvalue weighted by Gasteiger charge is 2.45. The number of anilines is 1. The van der Waals surface area contributed by atoms with E-state index in [1.807, 2.05) is 45.0 Å². The zero-order valence-corrected chi connectivity index (χ0v) is 56.2. The van der Waals surface area contributed by atoms with Crippen molar-refractivity contribution < 1.29 is 56.5 Å². The molecule has 7 aromatic rings. The van der Waals surface area contributed by atoms with Crippen molar-refractivity contribution >= 4 is 48.7 Å². The third-order valence-electron chi connectivity index (χ3n) is 19.7. The molecule has 3 N–H and O–H groups in total. The van der Waals surface area contributed by atoms with Crippen LogP contribution in [0.2, 0.25) is 0 Å². The Labute approximate surface area is 550 Å². The maximum atomic E-state index is 10.9. The fourth-order valence-corrected chi connectivity index (χ4v) is 14.9. The fraction of sp³-hybridized carbons (Fsp3) is 0.405. The number of nitrogens with zero attached hydrogens (tertiary/aromatic N) is 2. The van der Waals surface area contributed by atoms with Gasteiger partial charge in [-0.3, -0.25) is 0 Å². The Morgan fingerprint density at radius 1 is 0.667 bits per heavy atom. The summed E-state index contributed by atoms with van der Waals surface area (Å²) in [5.74, 6) is 1.82. The first-order chi connectivity index (χ1) is 44.6. The van der Waals surface area contributed by atoms with Gasteiger partial charge in [0.1, 0.15) is 34.4 Å². The summed E-state index contributed by atoms with van der Waals surface area (Å²) in [5, 5.41) is 36.4. The van der Waals surface area contributed by atoms with Gasteiger partial charge in [-0.1, -0.05) is 130 Å². The van der Waals surface area contributed by atoms with Gasteiger partial charge in [0.15, 0.2) is 18.3 Å². The normalized spacial score (nSPS) is 23.5. The summed E-state index contributed by atoms with van der Waals surface area (Å²) in [5.41, 5.74) is 12.2. The molecule has 2 saturated heterocycles. The maximum absolute atomic E-state index is 10.9. The van der Waals surface area contributed by atoms with Crippen molar-refractivity contribution in [1.29, 1.82) is 0 Å². The predicted octanol–water partition coefficient (Wildman–Crippen LogP) is 16.8. The number of rotatable bonds is 19. The quantitative estimate of drug-likeness (QED) is 0.0518. The predicted molar refractivity (Wildman–Crippen MR) is 368 cm³/mol. The molecular formula is C79H92N2O11S. The van der Waals surface area contributed by atoms with Crippen molar-refractivity contribution in [1.82, 2.24) is 0 Å². The first kappa shape index (κ1) is 67.2. The zero-order chi connectivity index (χ0) is 65.8. The molecule has 0 radical (unpaired) electrons. The third kappa shape index (κ3) is 15.1. The van der Waals surface area contributed by atoms with E-state index in [4.69, 9.17) is 23.7 Å². The number of hydrogen-bond donors (Lipinski definition) is 3. The van der Waals surface area contributed by atoms with Gasteiger partial charge in [-0.25, -0.2) is 8.42 Å². The summed E-state index contributed by atoms with van der Waals surface area (Å²) in [7, 11) is 0.119. The van der Waals surface area contributed by atoms with Gasteiger partial charge in [-0.2, -0.15) is 4.58 Å². The first-order valence-corrected chi connectivity index (χ1v) is 34.8. The van der Waals surface area contributed by atoms with Gasteiger partial charge >= 0.3 is 0 Å². The van der Waals surface area contributed by atoms with Crippen LogP contribution in [0.25, 0.3) is 21.5 Å². The number of benzene rings is 7. The molecule has 14 heteroatoms. The number of ether oxygens (including phenoxy) is 5. The highest BCUT2D eigenvalue weighted by molar-refractivity contribution is 7.85. The van der Waals surface area contributed by atoms with Crippen molar-refractivity contribution in [3.63, 3.8) is 0 Å². The van der Waals surface area contributed by atoms with Crippen molar-refractivity contribution in [3.05, 3.63) is 220 Å². The van der Waals surface area contributed by atoms with Crippen molar-refractivity contribution in [2.75, 3.05) is 19.0 Å². The number of allylic oxidation sites excluding steroid dienone is 7. The molecule has 0 bridgehead atoms. The smallest absolute Gasteiger partial charge is 0.210 e. The lowest BCUT2D eigenvalue weighted by molar-refractivity contribution is -0.401. The van der Waals surface area contributed by atoms with E-state index in [0.717, 1.165) is 104 Å². The molecule has 0 aromatic heterocycles. The van der Waals surface area contributed by atoms with Crippen LogP contribution < -0.4 is 9.64 Å². The number of aryl methyl sites for hydroxylation is 1. The van der Waals surface area contributed by atoms with Crippen LogP contribution in [0, 0.1) is 6.92 Å². The van der Waals surface area contributed by atoms with E-state index >= 15 is 0 Å². The molecule has 7 aromatic carbocycles. The highest BCUT2D eigenvalue weighted by atomic mass is 32.2. The average molecular weight is 1280 g/mol. The number of phenolic OH excluding ortho intramolecular Hbond substituents is 1.